The molecule has 1 saturated heterocycles. The van der Waals surface area contributed by atoms with E-state index in [1.807, 2.05) is 26.1 Å². The van der Waals surface area contributed by atoms with Crippen LogP contribution in [0.4, 0.5) is 11.5 Å². The van der Waals surface area contributed by atoms with E-state index in [0.717, 1.165) is 61.0 Å². The van der Waals surface area contributed by atoms with E-state index in [2.05, 4.69) is 45.1 Å². The van der Waals surface area contributed by atoms with E-state index < -0.39 is 0 Å². The Morgan fingerprint density at radius 2 is 2.00 bits per heavy atom. The monoisotopic (exact) mass is 421 g/mol. The third-order valence-electron chi connectivity index (χ3n) is 5.85. The standard InChI is InChI=1S/C24H31N5O2/c1-16(2)21-26-12-18(13-27-21)23(30)28-20-19(17-6-5-11-31-14-17)7-9-25-22(20)29-10-8-24(3,4)15-29/h6-7,9,12-13,16H,5,8,10-11,14-15H2,1-4H3,(H,28,30). The van der Waals surface area contributed by atoms with Crippen molar-refractivity contribution in [2.24, 2.45) is 5.41 Å². The van der Waals surface area contributed by atoms with Crippen molar-refractivity contribution in [3.8, 4) is 0 Å². The lowest BCUT2D eigenvalue weighted by atomic mass is 9.93. The summed E-state index contributed by atoms with van der Waals surface area (Å²) >= 11 is 0. The molecule has 0 bridgehead atoms. The minimum Gasteiger partial charge on any atom is -0.376 e. The fraction of sp³-hybridized carbons (Fsp3) is 0.500. The molecule has 0 unspecified atom stereocenters. The van der Waals surface area contributed by atoms with Gasteiger partial charge in [0.2, 0.25) is 0 Å². The minimum absolute atomic E-state index is 0.213. The fourth-order valence-corrected chi connectivity index (χ4v) is 4.06. The van der Waals surface area contributed by atoms with Crippen LogP contribution in [-0.4, -0.2) is 47.2 Å². The largest absolute Gasteiger partial charge is 0.376 e. The molecule has 4 rings (SSSR count). The van der Waals surface area contributed by atoms with Crippen molar-refractivity contribution in [3.63, 3.8) is 0 Å². The molecule has 2 aromatic heterocycles. The van der Waals surface area contributed by atoms with Gasteiger partial charge in [0.1, 0.15) is 5.82 Å². The van der Waals surface area contributed by atoms with Gasteiger partial charge in [0.05, 0.1) is 24.5 Å². The summed E-state index contributed by atoms with van der Waals surface area (Å²) in [5.74, 6) is 1.51. The number of aromatic nitrogens is 3. The second-order valence-corrected chi connectivity index (χ2v) is 9.40. The van der Waals surface area contributed by atoms with E-state index in [-0.39, 0.29) is 17.2 Å². The zero-order chi connectivity index (χ0) is 22.0. The molecule has 0 radical (unpaired) electrons. The molecule has 164 valence electrons. The Hall–Kier alpha value is -2.80. The molecule has 0 saturated carbocycles. The number of rotatable bonds is 5. The molecule has 1 fully saturated rings. The molecule has 7 heteroatoms. The van der Waals surface area contributed by atoms with Crippen LogP contribution in [0, 0.1) is 5.41 Å². The van der Waals surface area contributed by atoms with Gasteiger partial charge in [0.25, 0.3) is 5.91 Å². The molecule has 2 aliphatic heterocycles. The maximum absolute atomic E-state index is 13.1. The van der Waals surface area contributed by atoms with Crippen molar-refractivity contribution in [1.29, 1.82) is 0 Å². The van der Waals surface area contributed by atoms with Crippen LogP contribution in [0.1, 0.15) is 68.2 Å². The van der Waals surface area contributed by atoms with E-state index >= 15 is 0 Å². The SMILES string of the molecule is CC(C)c1ncc(C(=O)Nc2c(C3=CCCOC3)ccnc2N2CCC(C)(C)C2)cn1. The Kier molecular flexibility index (Phi) is 6.05. The van der Waals surface area contributed by atoms with Gasteiger partial charge < -0.3 is 15.0 Å². The number of hydrogen-bond acceptors (Lipinski definition) is 6. The number of nitrogens with one attached hydrogen (secondary N) is 1. The molecular formula is C24H31N5O2. The first-order chi connectivity index (χ1) is 14.8. The number of amides is 1. The lowest BCUT2D eigenvalue weighted by molar-refractivity contribution is 0.102. The van der Waals surface area contributed by atoms with Gasteiger partial charge in [-0.3, -0.25) is 4.79 Å². The van der Waals surface area contributed by atoms with Gasteiger partial charge in [-0.25, -0.2) is 15.0 Å². The average molecular weight is 422 g/mol. The molecule has 4 heterocycles. The highest BCUT2D eigenvalue weighted by Crippen LogP contribution is 2.38. The van der Waals surface area contributed by atoms with Crippen molar-refractivity contribution >= 4 is 23.0 Å². The Balaban J connectivity index is 1.69. The molecule has 7 nitrogen and oxygen atoms in total. The fourth-order valence-electron chi connectivity index (χ4n) is 4.06. The quantitative estimate of drug-likeness (QED) is 0.776. The lowest BCUT2D eigenvalue weighted by Crippen LogP contribution is -2.26. The lowest BCUT2D eigenvalue weighted by Gasteiger charge is -2.26. The molecule has 1 amide bonds. The maximum Gasteiger partial charge on any atom is 0.258 e. The second-order valence-electron chi connectivity index (χ2n) is 9.40. The van der Waals surface area contributed by atoms with Gasteiger partial charge in [-0.05, 0) is 29.9 Å². The first-order valence-electron chi connectivity index (χ1n) is 11.0. The summed E-state index contributed by atoms with van der Waals surface area (Å²) in [5, 5.41) is 3.13. The van der Waals surface area contributed by atoms with Crippen molar-refractivity contribution in [2.45, 2.75) is 46.5 Å². The smallest absolute Gasteiger partial charge is 0.258 e. The highest BCUT2D eigenvalue weighted by Gasteiger charge is 2.32. The molecule has 31 heavy (non-hydrogen) atoms. The zero-order valence-corrected chi connectivity index (χ0v) is 18.8. The average Bonchev–Trinajstić information content (AvgIpc) is 3.14. The third-order valence-corrected chi connectivity index (χ3v) is 5.85. The van der Waals surface area contributed by atoms with Crippen molar-refractivity contribution in [3.05, 3.63) is 47.7 Å². The Morgan fingerprint density at radius 3 is 2.61 bits per heavy atom. The van der Waals surface area contributed by atoms with Crippen LogP contribution in [0.3, 0.4) is 0 Å². The summed E-state index contributed by atoms with van der Waals surface area (Å²) in [6.07, 6.45) is 9.14. The number of carbonyl (C=O) groups excluding carboxylic acids is 1. The predicted octanol–water partition coefficient (Wildman–Crippen LogP) is 4.29. The van der Waals surface area contributed by atoms with Gasteiger partial charge in [0.15, 0.2) is 5.82 Å². The third kappa shape index (κ3) is 4.77. The van der Waals surface area contributed by atoms with Crippen LogP contribution < -0.4 is 10.2 Å². The predicted molar refractivity (Wildman–Crippen MR) is 122 cm³/mol. The Labute approximate surface area is 184 Å². The number of nitrogens with zero attached hydrogens (tertiary/aromatic N) is 4. The summed E-state index contributed by atoms with van der Waals surface area (Å²) in [7, 11) is 0. The molecule has 0 spiro atoms. The van der Waals surface area contributed by atoms with Gasteiger partial charge in [0, 0.05) is 43.2 Å². The van der Waals surface area contributed by atoms with Crippen molar-refractivity contribution in [1.82, 2.24) is 15.0 Å². The highest BCUT2D eigenvalue weighted by molar-refractivity contribution is 6.07. The summed E-state index contributed by atoms with van der Waals surface area (Å²) in [6, 6.07) is 1.96. The Bertz CT molecular complexity index is 982. The van der Waals surface area contributed by atoms with Gasteiger partial charge in [-0.2, -0.15) is 0 Å². The van der Waals surface area contributed by atoms with Gasteiger partial charge in [-0.15, -0.1) is 0 Å². The second kappa shape index (κ2) is 8.75. The van der Waals surface area contributed by atoms with Gasteiger partial charge in [-0.1, -0.05) is 33.8 Å². The topological polar surface area (TPSA) is 80.2 Å². The molecule has 0 aliphatic carbocycles. The zero-order valence-electron chi connectivity index (χ0n) is 18.8. The molecule has 2 aromatic rings. The maximum atomic E-state index is 13.1. The van der Waals surface area contributed by atoms with E-state index in [9.17, 15) is 4.79 Å². The van der Waals surface area contributed by atoms with E-state index in [4.69, 9.17) is 4.74 Å². The minimum atomic E-state index is -0.235. The molecule has 0 atom stereocenters. The number of anilines is 2. The number of ether oxygens (including phenoxy) is 1. The van der Waals surface area contributed by atoms with Crippen LogP contribution in [-0.2, 0) is 4.74 Å². The summed E-state index contributed by atoms with van der Waals surface area (Å²) < 4.78 is 5.68. The van der Waals surface area contributed by atoms with E-state index in [1.54, 1.807) is 12.4 Å². The molecule has 0 aromatic carbocycles. The number of pyridine rings is 1. The van der Waals surface area contributed by atoms with Gasteiger partial charge >= 0.3 is 0 Å². The molecule has 2 aliphatic rings. The van der Waals surface area contributed by atoms with Crippen LogP contribution in [0.2, 0.25) is 0 Å². The number of carbonyl (C=O) groups is 1. The molecule has 1 N–H and O–H groups in total. The van der Waals surface area contributed by atoms with Crippen molar-refractivity contribution in [2.75, 3.05) is 36.5 Å². The summed E-state index contributed by atoms with van der Waals surface area (Å²) in [6.45, 7) is 11.6. The summed E-state index contributed by atoms with van der Waals surface area (Å²) in [4.78, 5) is 28.8. The molecular weight excluding hydrogens is 390 g/mol. The highest BCUT2D eigenvalue weighted by atomic mass is 16.5. The first kappa shape index (κ1) is 21.4. The Morgan fingerprint density at radius 1 is 1.23 bits per heavy atom. The van der Waals surface area contributed by atoms with Crippen LogP contribution in [0.25, 0.3) is 5.57 Å². The first-order valence-corrected chi connectivity index (χ1v) is 11.0. The normalized spacial score (nSPS) is 18.2. The van der Waals surface area contributed by atoms with Crippen LogP contribution in [0.15, 0.2) is 30.7 Å². The van der Waals surface area contributed by atoms with Crippen LogP contribution in [0.5, 0.6) is 0 Å². The van der Waals surface area contributed by atoms with E-state index in [1.165, 1.54) is 0 Å². The summed E-state index contributed by atoms with van der Waals surface area (Å²) in [5.41, 5.74) is 3.42. The van der Waals surface area contributed by atoms with Crippen LogP contribution >= 0.6 is 0 Å². The van der Waals surface area contributed by atoms with Crippen molar-refractivity contribution < 1.29 is 9.53 Å². The van der Waals surface area contributed by atoms with E-state index in [0.29, 0.717) is 12.2 Å². The number of hydrogen-bond donors (Lipinski definition) is 1.